The van der Waals surface area contributed by atoms with Crippen LogP contribution < -0.4 is 0 Å². The van der Waals surface area contributed by atoms with Crippen molar-refractivity contribution in [3.05, 3.63) is 0 Å². The first-order valence-electron chi connectivity index (χ1n) is 3.56. The van der Waals surface area contributed by atoms with Crippen molar-refractivity contribution in [3.8, 4) is 0 Å². The second-order valence-electron chi connectivity index (χ2n) is 1.81. The van der Waals surface area contributed by atoms with Gasteiger partial charge in [-0.15, -0.1) is 0 Å². The third-order valence-electron chi connectivity index (χ3n) is 0.901. The standard InChI is InChI=1S/C7H13NO2S/c1-4-10-8-6(3)7(9)11-5-2/h4-5H2,1-3H3. The molecule has 0 amide bonds. The van der Waals surface area contributed by atoms with Gasteiger partial charge in [-0.05, 0) is 19.6 Å². The lowest BCUT2D eigenvalue weighted by atomic mass is 10.5. The smallest absolute Gasteiger partial charge is 0.236 e. The van der Waals surface area contributed by atoms with Crippen LogP contribution in [-0.4, -0.2) is 23.2 Å². The SMILES string of the molecule is CCON=C(C)C(=O)SCC. The van der Waals surface area contributed by atoms with E-state index in [1.165, 1.54) is 11.8 Å². The van der Waals surface area contributed by atoms with Crippen molar-refractivity contribution in [3.63, 3.8) is 0 Å². The van der Waals surface area contributed by atoms with E-state index in [9.17, 15) is 4.79 Å². The highest BCUT2D eigenvalue weighted by Gasteiger charge is 2.04. The second kappa shape index (κ2) is 6.22. The molecule has 0 atom stereocenters. The second-order valence-corrected chi connectivity index (χ2v) is 3.05. The van der Waals surface area contributed by atoms with Crippen LogP contribution in [0.15, 0.2) is 5.16 Å². The van der Waals surface area contributed by atoms with E-state index >= 15 is 0 Å². The van der Waals surface area contributed by atoms with Gasteiger partial charge < -0.3 is 4.84 Å². The summed E-state index contributed by atoms with van der Waals surface area (Å²) in [6.45, 7) is 5.91. The third-order valence-corrected chi connectivity index (χ3v) is 1.75. The molecule has 0 radical (unpaired) electrons. The highest BCUT2D eigenvalue weighted by atomic mass is 32.2. The molecule has 0 bridgehead atoms. The fourth-order valence-corrected chi connectivity index (χ4v) is 0.943. The Balaban J connectivity index is 3.80. The van der Waals surface area contributed by atoms with Gasteiger partial charge in [-0.3, -0.25) is 4.79 Å². The Morgan fingerprint density at radius 1 is 1.55 bits per heavy atom. The van der Waals surface area contributed by atoms with Crippen molar-refractivity contribution in [2.24, 2.45) is 5.16 Å². The third kappa shape index (κ3) is 4.84. The molecule has 0 spiro atoms. The van der Waals surface area contributed by atoms with E-state index in [1.807, 2.05) is 13.8 Å². The maximum absolute atomic E-state index is 11.0. The van der Waals surface area contributed by atoms with E-state index in [-0.39, 0.29) is 5.12 Å². The summed E-state index contributed by atoms with van der Waals surface area (Å²) in [7, 11) is 0. The van der Waals surface area contributed by atoms with Crippen LogP contribution >= 0.6 is 11.8 Å². The lowest BCUT2D eigenvalue weighted by Crippen LogP contribution is -2.06. The highest BCUT2D eigenvalue weighted by molar-refractivity contribution is 8.15. The normalized spacial score (nSPS) is 11.4. The monoisotopic (exact) mass is 175 g/mol. The molecule has 0 saturated carbocycles. The van der Waals surface area contributed by atoms with Gasteiger partial charge in [0.15, 0.2) is 0 Å². The summed E-state index contributed by atoms with van der Waals surface area (Å²) >= 11 is 1.24. The molecule has 0 rings (SSSR count). The summed E-state index contributed by atoms with van der Waals surface area (Å²) in [4.78, 5) is 15.7. The lowest BCUT2D eigenvalue weighted by Gasteiger charge is -1.96. The molecular formula is C7H13NO2S. The number of oxime groups is 1. The fraction of sp³-hybridized carbons (Fsp3) is 0.714. The zero-order valence-electron chi connectivity index (χ0n) is 7.09. The number of thioether (sulfide) groups is 1. The van der Waals surface area contributed by atoms with Crippen LogP contribution in [0.5, 0.6) is 0 Å². The molecular weight excluding hydrogens is 162 g/mol. The fourth-order valence-electron chi connectivity index (χ4n) is 0.434. The first-order chi connectivity index (χ1) is 5.22. The summed E-state index contributed by atoms with van der Waals surface area (Å²) in [5, 5.41) is 3.59. The predicted molar refractivity (Wildman–Crippen MR) is 47.9 cm³/mol. The molecule has 0 aliphatic rings. The molecule has 0 heterocycles. The van der Waals surface area contributed by atoms with Crippen LogP contribution in [0.2, 0.25) is 0 Å². The quantitative estimate of drug-likeness (QED) is 0.482. The van der Waals surface area contributed by atoms with Gasteiger partial charge in [0.05, 0.1) is 0 Å². The average molecular weight is 175 g/mol. The predicted octanol–water partition coefficient (Wildman–Crippen LogP) is 1.68. The van der Waals surface area contributed by atoms with Gasteiger partial charge in [0, 0.05) is 0 Å². The van der Waals surface area contributed by atoms with Crippen LogP contribution in [0.25, 0.3) is 0 Å². The van der Waals surface area contributed by atoms with Crippen molar-refractivity contribution in [1.82, 2.24) is 0 Å². The average Bonchev–Trinajstić information content (AvgIpc) is 2.00. The van der Waals surface area contributed by atoms with Gasteiger partial charge in [-0.1, -0.05) is 23.8 Å². The minimum atomic E-state index is -0.0130. The molecule has 64 valence electrons. The van der Waals surface area contributed by atoms with Crippen molar-refractivity contribution in [2.45, 2.75) is 20.8 Å². The molecule has 0 fully saturated rings. The number of hydrogen-bond acceptors (Lipinski definition) is 4. The Kier molecular flexibility index (Phi) is 5.93. The lowest BCUT2D eigenvalue weighted by molar-refractivity contribution is -0.105. The van der Waals surface area contributed by atoms with Crippen molar-refractivity contribution in [1.29, 1.82) is 0 Å². The van der Waals surface area contributed by atoms with E-state index in [2.05, 4.69) is 5.16 Å². The number of carbonyl (C=O) groups excluding carboxylic acids is 1. The van der Waals surface area contributed by atoms with Crippen LogP contribution in [0, 0.1) is 0 Å². The minimum absolute atomic E-state index is 0.0130. The molecule has 11 heavy (non-hydrogen) atoms. The van der Waals surface area contributed by atoms with Crippen molar-refractivity contribution < 1.29 is 9.63 Å². The summed E-state index contributed by atoms with van der Waals surface area (Å²) in [5.74, 6) is 0.776. The van der Waals surface area contributed by atoms with Crippen molar-refractivity contribution in [2.75, 3.05) is 12.4 Å². The number of carbonyl (C=O) groups is 1. The van der Waals surface area contributed by atoms with Gasteiger partial charge in [0.1, 0.15) is 12.3 Å². The molecule has 0 saturated heterocycles. The molecule has 0 aromatic heterocycles. The maximum atomic E-state index is 11.0. The van der Waals surface area contributed by atoms with E-state index in [0.29, 0.717) is 12.3 Å². The van der Waals surface area contributed by atoms with E-state index < -0.39 is 0 Å². The van der Waals surface area contributed by atoms with Crippen LogP contribution in [0.1, 0.15) is 20.8 Å². The molecule has 0 aromatic rings. The van der Waals surface area contributed by atoms with E-state index in [1.54, 1.807) is 6.92 Å². The zero-order valence-corrected chi connectivity index (χ0v) is 7.90. The summed E-state index contributed by atoms with van der Waals surface area (Å²) in [5.41, 5.74) is 0.429. The Morgan fingerprint density at radius 2 is 2.18 bits per heavy atom. The summed E-state index contributed by atoms with van der Waals surface area (Å²) in [6.07, 6.45) is 0. The van der Waals surface area contributed by atoms with Crippen LogP contribution in [-0.2, 0) is 9.63 Å². The maximum Gasteiger partial charge on any atom is 0.236 e. The molecule has 0 N–H and O–H groups in total. The molecule has 3 nitrogen and oxygen atoms in total. The van der Waals surface area contributed by atoms with Gasteiger partial charge >= 0.3 is 0 Å². The highest BCUT2D eigenvalue weighted by Crippen LogP contribution is 2.02. The number of rotatable bonds is 4. The van der Waals surface area contributed by atoms with Crippen LogP contribution in [0.4, 0.5) is 0 Å². The molecule has 4 heteroatoms. The zero-order chi connectivity index (χ0) is 8.69. The molecule has 0 aliphatic carbocycles. The molecule has 0 aliphatic heterocycles. The largest absolute Gasteiger partial charge is 0.396 e. The van der Waals surface area contributed by atoms with Gasteiger partial charge in [-0.25, -0.2) is 0 Å². The van der Waals surface area contributed by atoms with Crippen LogP contribution in [0.3, 0.4) is 0 Å². The van der Waals surface area contributed by atoms with Gasteiger partial charge in [0.25, 0.3) is 0 Å². The topological polar surface area (TPSA) is 38.7 Å². The Morgan fingerprint density at radius 3 is 2.64 bits per heavy atom. The Hall–Kier alpha value is -0.510. The first-order valence-corrected chi connectivity index (χ1v) is 4.54. The number of nitrogens with zero attached hydrogens (tertiary/aromatic N) is 1. The van der Waals surface area contributed by atoms with Gasteiger partial charge in [0.2, 0.25) is 5.12 Å². The van der Waals surface area contributed by atoms with E-state index in [0.717, 1.165) is 5.75 Å². The Bertz CT molecular complexity index is 157. The summed E-state index contributed by atoms with van der Waals surface area (Å²) < 4.78 is 0. The number of hydrogen-bond donors (Lipinski definition) is 0. The Labute approximate surface area is 71.2 Å². The summed E-state index contributed by atoms with van der Waals surface area (Å²) in [6, 6.07) is 0. The molecule has 0 unspecified atom stereocenters. The minimum Gasteiger partial charge on any atom is -0.396 e. The molecule has 0 aromatic carbocycles. The van der Waals surface area contributed by atoms with Crippen molar-refractivity contribution >= 4 is 22.6 Å². The van der Waals surface area contributed by atoms with Gasteiger partial charge in [-0.2, -0.15) is 0 Å². The van der Waals surface area contributed by atoms with E-state index in [4.69, 9.17) is 4.84 Å². The first kappa shape index (κ1) is 10.5.